The number of imide groups is 1. The van der Waals surface area contributed by atoms with Crippen LogP contribution in [-0.4, -0.2) is 35.5 Å². The lowest BCUT2D eigenvalue weighted by molar-refractivity contribution is -0.138. The number of hydrogen-bond donors (Lipinski definition) is 1. The molecular formula is C13H13NO4. The van der Waals surface area contributed by atoms with Crippen molar-refractivity contribution >= 4 is 17.4 Å². The molecule has 0 aromatic heterocycles. The van der Waals surface area contributed by atoms with Crippen molar-refractivity contribution in [3.05, 3.63) is 35.6 Å². The summed E-state index contributed by atoms with van der Waals surface area (Å²) in [4.78, 5) is 24.2. The number of amides is 2. The van der Waals surface area contributed by atoms with Crippen molar-refractivity contribution in [2.45, 2.75) is 6.92 Å². The van der Waals surface area contributed by atoms with Crippen LogP contribution in [-0.2, 0) is 9.59 Å². The fourth-order valence-corrected chi connectivity index (χ4v) is 1.86. The molecule has 2 amide bonds. The van der Waals surface area contributed by atoms with E-state index in [2.05, 4.69) is 0 Å². The zero-order valence-corrected chi connectivity index (χ0v) is 10.1. The average molecular weight is 247 g/mol. The molecule has 1 N–H and O–H groups in total. The van der Waals surface area contributed by atoms with Crippen LogP contribution in [0.1, 0.15) is 12.5 Å². The molecule has 1 aromatic rings. The topological polar surface area (TPSA) is 66.8 Å². The summed E-state index contributed by atoms with van der Waals surface area (Å²) in [6, 6.07) is 6.73. The summed E-state index contributed by atoms with van der Waals surface area (Å²) < 4.78 is 5.02. The average Bonchev–Trinajstić information content (AvgIpc) is 2.65. The second-order valence-electron chi connectivity index (χ2n) is 3.96. The van der Waals surface area contributed by atoms with E-state index in [1.54, 1.807) is 31.4 Å². The molecule has 5 heteroatoms. The van der Waals surface area contributed by atoms with Crippen molar-refractivity contribution in [1.82, 2.24) is 4.90 Å². The highest BCUT2D eigenvalue weighted by Crippen LogP contribution is 2.28. The van der Waals surface area contributed by atoms with Gasteiger partial charge in [-0.15, -0.1) is 0 Å². The van der Waals surface area contributed by atoms with Crippen LogP contribution in [0.15, 0.2) is 30.0 Å². The van der Waals surface area contributed by atoms with Gasteiger partial charge in [-0.3, -0.25) is 14.5 Å². The lowest BCUT2D eigenvalue weighted by Gasteiger charge is -2.10. The number of benzene rings is 1. The molecule has 2 rings (SSSR count). The van der Waals surface area contributed by atoms with Crippen LogP contribution in [0.2, 0.25) is 0 Å². The Balaban J connectivity index is 2.35. The molecule has 1 aliphatic rings. The molecule has 0 aliphatic carbocycles. The molecule has 0 fully saturated rings. The van der Waals surface area contributed by atoms with Crippen LogP contribution < -0.4 is 4.74 Å². The van der Waals surface area contributed by atoms with Crippen molar-refractivity contribution < 1.29 is 19.4 Å². The van der Waals surface area contributed by atoms with Gasteiger partial charge in [-0.1, -0.05) is 12.1 Å². The minimum Gasteiger partial charge on any atom is -0.510 e. The molecule has 94 valence electrons. The number of rotatable bonds is 2. The Morgan fingerprint density at radius 3 is 2.39 bits per heavy atom. The minimum absolute atomic E-state index is 0.0600. The van der Waals surface area contributed by atoms with Gasteiger partial charge in [0.1, 0.15) is 11.5 Å². The molecule has 0 saturated heterocycles. The lowest BCUT2D eigenvalue weighted by atomic mass is 10.1. The fourth-order valence-electron chi connectivity index (χ4n) is 1.86. The highest BCUT2D eigenvalue weighted by Gasteiger charge is 2.33. The van der Waals surface area contributed by atoms with Gasteiger partial charge in [0, 0.05) is 6.92 Å². The third-order valence-corrected chi connectivity index (χ3v) is 2.81. The first-order chi connectivity index (χ1) is 8.54. The maximum Gasteiger partial charge on any atom is 0.264 e. The van der Waals surface area contributed by atoms with Crippen LogP contribution in [0.25, 0.3) is 5.57 Å². The Bertz CT molecular complexity index is 530. The molecule has 1 aromatic carbocycles. The first-order valence-electron chi connectivity index (χ1n) is 5.43. The molecule has 0 saturated carbocycles. The maximum absolute atomic E-state index is 12.0. The van der Waals surface area contributed by atoms with Crippen molar-refractivity contribution in [2.75, 3.05) is 13.7 Å². The molecule has 0 unspecified atom stereocenters. The van der Waals surface area contributed by atoms with Crippen LogP contribution in [0, 0.1) is 0 Å². The summed E-state index contributed by atoms with van der Waals surface area (Å²) in [6.07, 6.45) is 0. The number of carbonyl (C=O) groups excluding carboxylic acids is 2. The molecule has 0 radical (unpaired) electrons. The maximum atomic E-state index is 12.0. The van der Waals surface area contributed by atoms with Gasteiger partial charge in [-0.05, 0) is 17.7 Å². The number of methoxy groups -OCH3 is 1. The highest BCUT2D eigenvalue weighted by molar-refractivity contribution is 6.26. The Morgan fingerprint density at radius 2 is 1.94 bits per heavy atom. The third-order valence-electron chi connectivity index (χ3n) is 2.81. The van der Waals surface area contributed by atoms with Gasteiger partial charge < -0.3 is 9.84 Å². The molecular weight excluding hydrogens is 234 g/mol. The van der Waals surface area contributed by atoms with Gasteiger partial charge in [0.2, 0.25) is 5.91 Å². The molecule has 1 aliphatic heterocycles. The number of nitrogens with zero attached hydrogens (tertiary/aromatic N) is 1. The van der Waals surface area contributed by atoms with E-state index in [1.807, 2.05) is 0 Å². The van der Waals surface area contributed by atoms with Crippen LogP contribution in [0.3, 0.4) is 0 Å². The quantitative estimate of drug-likeness (QED) is 0.856. The standard InChI is InChI=1S/C13H13NO4/c1-8(15)14-7-11(16)12(13(14)17)9-3-5-10(18-2)6-4-9/h3-6,16H,7H2,1-2H3. The number of aliphatic hydroxyl groups excluding tert-OH is 1. The second kappa shape index (κ2) is 4.52. The first-order valence-corrected chi connectivity index (χ1v) is 5.43. The molecule has 0 spiro atoms. The summed E-state index contributed by atoms with van der Waals surface area (Å²) in [5.41, 5.74) is 0.745. The second-order valence-corrected chi connectivity index (χ2v) is 3.96. The largest absolute Gasteiger partial charge is 0.510 e. The molecule has 0 atom stereocenters. The van der Waals surface area contributed by atoms with E-state index in [-0.39, 0.29) is 23.8 Å². The van der Waals surface area contributed by atoms with Crippen molar-refractivity contribution in [2.24, 2.45) is 0 Å². The van der Waals surface area contributed by atoms with E-state index >= 15 is 0 Å². The summed E-state index contributed by atoms with van der Waals surface area (Å²) in [7, 11) is 1.55. The van der Waals surface area contributed by atoms with E-state index in [4.69, 9.17) is 4.74 Å². The molecule has 1 heterocycles. The highest BCUT2D eigenvalue weighted by atomic mass is 16.5. The van der Waals surface area contributed by atoms with E-state index < -0.39 is 5.91 Å². The van der Waals surface area contributed by atoms with Crippen molar-refractivity contribution in [1.29, 1.82) is 0 Å². The molecule has 18 heavy (non-hydrogen) atoms. The summed E-state index contributed by atoms with van der Waals surface area (Å²) in [6.45, 7) is 1.23. The number of hydrogen-bond acceptors (Lipinski definition) is 4. The lowest BCUT2D eigenvalue weighted by Crippen LogP contribution is -2.31. The number of aliphatic hydroxyl groups is 1. The van der Waals surface area contributed by atoms with Gasteiger partial charge in [0.25, 0.3) is 5.91 Å². The Hall–Kier alpha value is -2.30. The number of carbonyl (C=O) groups is 2. The van der Waals surface area contributed by atoms with Crippen LogP contribution >= 0.6 is 0 Å². The third kappa shape index (κ3) is 1.95. The molecule has 0 bridgehead atoms. The predicted molar refractivity (Wildman–Crippen MR) is 64.9 cm³/mol. The number of ether oxygens (including phenoxy) is 1. The smallest absolute Gasteiger partial charge is 0.264 e. The van der Waals surface area contributed by atoms with Gasteiger partial charge in [-0.25, -0.2) is 0 Å². The van der Waals surface area contributed by atoms with Gasteiger partial charge in [0.15, 0.2) is 0 Å². The van der Waals surface area contributed by atoms with E-state index in [0.717, 1.165) is 4.90 Å². The fraction of sp³-hybridized carbons (Fsp3) is 0.231. The van der Waals surface area contributed by atoms with Gasteiger partial charge in [-0.2, -0.15) is 0 Å². The minimum atomic E-state index is -0.467. The summed E-state index contributed by atoms with van der Waals surface area (Å²) >= 11 is 0. The summed E-state index contributed by atoms with van der Waals surface area (Å²) in [5.74, 6) is -0.270. The van der Waals surface area contributed by atoms with Crippen LogP contribution in [0.4, 0.5) is 0 Å². The van der Waals surface area contributed by atoms with Crippen LogP contribution in [0.5, 0.6) is 5.75 Å². The van der Waals surface area contributed by atoms with E-state index in [1.165, 1.54) is 6.92 Å². The normalized spacial score (nSPS) is 15.2. The molecule has 5 nitrogen and oxygen atoms in total. The SMILES string of the molecule is COc1ccc(C2=C(O)CN(C(C)=O)C2=O)cc1. The van der Waals surface area contributed by atoms with Crippen molar-refractivity contribution in [3.8, 4) is 5.75 Å². The van der Waals surface area contributed by atoms with E-state index in [0.29, 0.717) is 11.3 Å². The Morgan fingerprint density at radius 1 is 1.33 bits per heavy atom. The predicted octanol–water partition coefficient (Wildman–Crippen LogP) is 1.35. The van der Waals surface area contributed by atoms with Gasteiger partial charge in [0.05, 0.1) is 19.2 Å². The Kier molecular flexibility index (Phi) is 3.06. The first kappa shape index (κ1) is 12.2. The van der Waals surface area contributed by atoms with Gasteiger partial charge >= 0.3 is 0 Å². The zero-order chi connectivity index (χ0) is 13.3. The monoisotopic (exact) mass is 247 g/mol. The van der Waals surface area contributed by atoms with E-state index in [9.17, 15) is 14.7 Å². The zero-order valence-electron chi connectivity index (χ0n) is 10.1. The van der Waals surface area contributed by atoms with Crippen molar-refractivity contribution in [3.63, 3.8) is 0 Å². The Labute approximate surface area is 104 Å². The summed E-state index contributed by atoms with van der Waals surface area (Å²) in [5, 5.41) is 9.79.